The van der Waals surface area contributed by atoms with Crippen molar-refractivity contribution in [1.82, 2.24) is 0 Å². The molecular formula is C22H32O2. The van der Waals surface area contributed by atoms with E-state index in [1.807, 2.05) is 69.3 Å². The van der Waals surface area contributed by atoms with Gasteiger partial charge in [0.05, 0.1) is 6.10 Å². The largest absolute Gasteiger partial charge is 0.396 e. The number of aliphatic hydroxyl groups is 2. The molecule has 0 spiro atoms. The summed E-state index contributed by atoms with van der Waals surface area (Å²) in [7, 11) is 0. The first-order chi connectivity index (χ1) is 11.2. The van der Waals surface area contributed by atoms with Gasteiger partial charge in [-0.05, 0) is 28.4 Å². The van der Waals surface area contributed by atoms with Crippen LogP contribution in [0.1, 0.15) is 51.8 Å². The molecule has 2 N–H and O–H groups in total. The topological polar surface area (TPSA) is 40.5 Å². The summed E-state index contributed by atoms with van der Waals surface area (Å²) in [6, 6.07) is 20.0. The fraction of sp³-hybridized carbons (Fsp3) is 0.455. The second-order valence-corrected chi connectivity index (χ2v) is 8.16. The third-order valence-electron chi connectivity index (χ3n) is 3.89. The molecule has 0 aliphatic rings. The average molecular weight is 328 g/mol. The Morgan fingerprint density at radius 1 is 0.792 bits per heavy atom. The van der Waals surface area contributed by atoms with Crippen LogP contribution < -0.4 is 0 Å². The van der Waals surface area contributed by atoms with Gasteiger partial charge < -0.3 is 10.2 Å². The minimum atomic E-state index is -0.376. The Labute approximate surface area is 147 Å². The molecule has 1 unspecified atom stereocenters. The van der Waals surface area contributed by atoms with Crippen molar-refractivity contribution < 1.29 is 10.2 Å². The molecule has 2 aromatic carbocycles. The van der Waals surface area contributed by atoms with E-state index in [2.05, 4.69) is 26.0 Å². The monoisotopic (exact) mass is 328 g/mol. The normalized spacial score (nSPS) is 13.0. The molecule has 0 saturated heterocycles. The molecule has 0 aliphatic heterocycles. The highest BCUT2D eigenvalue weighted by Gasteiger charge is 2.23. The van der Waals surface area contributed by atoms with Crippen molar-refractivity contribution in [3.63, 3.8) is 0 Å². The van der Waals surface area contributed by atoms with Crippen LogP contribution in [0.25, 0.3) is 0 Å². The van der Waals surface area contributed by atoms with E-state index >= 15 is 0 Å². The molecule has 2 rings (SSSR count). The van der Waals surface area contributed by atoms with Crippen molar-refractivity contribution in [2.45, 2.75) is 47.1 Å². The van der Waals surface area contributed by atoms with Crippen LogP contribution >= 0.6 is 0 Å². The van der Waals surface area contributed by atoms with Crippen molar-refractivity contribution in [2.75, 3.05) is 6.61 Å². The second-order valence-electron chi connectivity index (χ2n) is 8.16. The van der Waals surface area contributed by atoms with E-state index in [0.29, 0.717) is 0 Å². The molecule has 0 aliphatic carbocycles. The van der Waals surface area contributed by atoms with Gasteiger partial charge in [-0.1, -0.05) is 95.3 Å². The molecule has 0 fully saturated rings. The lowest BCUT2D eigenvalue weighted by Gasteiger charge is -2.25. The smallest absolute Gasteiger partial charge is 0.0838 e. The number of benzene rings is 2. The van der Waals surface area contributed by atoms with Crippen LogP contribution in [0.2, 0.25) is 0 Å². The van der Waals surface area contributed by atoms with Crippen molar-refractivity contribution >= 4 is 0 Å². The van der Waals surface area contributed by atoms with Gasteiger partial charge in [-0.2, -0.15) is 0 Å². The van der Waals surface area contributed by atoms with Crippen molar-refractivity contribution in [2.24, 2.45) is 10.8 Å². The van der Waals surface area contributed by atoms with Gasteiger partial charge in [0, 0.05) is 6.61 Å². The molecule has 2 nitrogen and oxygen atoms in total. The van der Waals surface area contributed by atoms with Gasteiger partial charge in [0.25, 0.3) is 0 Å². The lowest BCUT2D eigenvalue weighted by atomic mass is 9.85. The quantitative estimate of drug-likeness (QED) is 0.828. The van der Waals surface area contributed by atoms with Crippen LogP contribution in [0.15, 0.2) is 60.7 Å². The fourth-order valence-corrected chi connectivity index (χ4v) is 2.34. The molecule has 1 atom stereocenters. The van der Waals surface area contributed by atoms with Gasteiger partial charge in [0.1, 0.15) is 0 Å². The molecule has 0 aromatic heterocycles. The Morgan fingerprint density at radius 3 is 1.67 bits per heavy atom. The van der Waals surface area contributed by atoms with E-state index < -0.39 is 0 Å². The molecule has 0 amide bonds. The zero-order valence-electron chi connectivity index (χ0n) is 15.7. The highest BCUT2D eigenvalue weighted by molar-refractivity contribution is 5.18. The lowest BCUT2D eigenvalue weighted by molar-refractivity contribution is 0.0627. The van der Waals surface area contributed by atoms with E-state index in [0.717, 1.165) is 12.0 Å². The summed E-state index contributed by atoms with van der Waals surface area (Å²) in [6.45, 7) is 10.5. The van der Waals surface area contributed by atoms with E-state index in [1.54, 1.807) is 0 Å². The summed E-state index contributed by atoms with van der Waals surface area (Å²) in [5, 5.41) is 18.9. The fourth-order valence-electron chi connectivity index (χ4n) is 2.34. The number of aliphatic hydroxyl groups excluding tert-OH is 2. The summed E-state index contributed by atoms with van der Waals surface area (Å²) in [5.41, 5.74) is 2.20. The maximum atomic E-state index is 9.86. The Balaban J connectivity index is 0.000000240. The van der Waals surface area contributed by atoms with Crippen molar-refractivity contribution in [1.29, 1.82) is 0 Å². The summed E-state index contributed by atoms with van der Waals surface area (Å²) in [5.74, 6) is 0. The Hall–Kier alpha value is -1.64. The van der Waals surface area contributed by atoms with Crippen LogP contribution in [-0.4, -0.2) is 16.8 Å². The minimum absolute atomic E-state index is 0.00134. The predicted molar refractivity (Wildman–Crippen MR) is 102 cm³/mol. The molecular weight excluding hydrogens is 296 g/mol. The Bertz CT molecular complexity index is 565. The zero-order chi connectivity index (χ0) is 18.2. The highest BCUT2D eigenvalue weighted by Crippen LogP contribution is 2.31. The highest BCUT2D eigenvalue weighted by atomic mass is 16.3. The van der Waals surface area contributed by atoms with Crippen molar-refractivity contribution in [3.05, 3.63) is 71.8 Å². The van der Waals surface area contributed by atoms with E-state index in [-0.39, 0.29) is 23.5 Å². The Morgan fingerprint density at radius 2 is 1.25 bits per heavy atom. The Kier molecular flexibility index (Phi) is 7.65. The van der Waals surface area contributed by atoms with Crippen molar-refractivity contribution in [3.8, 4) is 0 Å². The summed E-state index contributed by atoms with van der Waals surface area (Å²) < 4.78 is 0. The van der Waals surface area contributed by atoms with Crippen LogP contribution in [-0.2, 0) is 6.42 Å². The van der Waals surface area contributed by atoms with Crippen LogP contribution in [0.4, 0.5) is 0 Å². The van der Waals surface area contributed by atoms with Gasteiger partial charge in [-0.15, -0.1) is 0 Å². The molecule has 0 heterocycles. The summed E-state index contributed by atoms with van der Waals surface area (Å²) in [4.78, 5) is 0. The van der Waals surface area contributed by atoms with Crippen LogP contribution in [0.5, 0.6) is 0 Å². The zero-order valence-corrected chi connectivity index (χ0v) is 15.7. The summed E-state index contributed by atoms with van der Waals surface area (Å²) >= 11 is 0. The predicted octanol–water partition coefficient (Wildman–Crippen LogP) is 5.01. The molecule has 0 bridgehead atoms. The number of rotatable bonds is 4. The van der Waals surface area contributed by atoms with E-state index in [4.69, 9.17) is 5.11 Å². The lowest BCUT2D eigenvalue weighted by Crippen LogP contribution is -2.19. The van der Waals surface area contributed by atoms with Gasteiger partial charge in [0.15, 0.2) is 0 Å². The molecule has 24 heavy (non-hydrogen) atoms. The van der Waals surface area contributed by atoms with Crippen LogP contribution in [0.3, 0.4) is 0 Å². The molecule has 0 saturated carbocycles. The third-order valence-corrected chi connectivity index (χ3v) is 3.89. The first-order valence-corrected chi connectivity index (χ1v) is 8.53. The maximum Gasteiger partial charge on any atom is 0.0838 e. The van der Waals surface area contributed by atoms with Gasteiger partial charge >= 0.3 is 0 Å². The average Bonchev–Trinajstić information content (AvgIpc) is 2.55. The molecule has 2 heteroatoms. The maximum absolute atomic E-state index is 9.86. The van der Waals surface area contributed by atoms with Gasteiger partial charge in [-0.25, -0.2) is 0 Å². The first-order valence-electron chi connectivity index (χ1n) is 8.53. The SMILES string of the molecule is CC(C)(C)C(O)c1ccccc1.CC(C)(CO)Cc1ccccc1. The molecule has 0 radical (unpaired) electrons. The van der Waals surface area contributed by atoms with E-state index in [9.17, 15) is 5.11 Å². The summed E-state index contributed by atoms with van der Waals surface area (Å²) in [6.07, 6.45) is 0.559. The van der Waals surface area contributed by atoms with Gasteiger partial charge in [-0.3, -0.25) is 0 Å². The molecule has 132 valence electrons. The minimum Gasteiger partial charge on any atom is -0.396 e. The second kappa shape index (κ2) is 9.00. The van der Waals surface area contributed by atoms with E-state index in [1.165, 1.54) is 5.56 Å². The number of hydrogen-bond acceptors (Lipinski definition) is 2. The first kappa shape index (κ1) is 20.4. The number of hydrogen-bond donors (Lipinski definition) is 2. The molecule has 2 aromatic rings. The standard InChI is InChI=1S/2C11H16O/c1-11(2,3)10(12)9-7-5-4-6-8-9;1-11(2,9-12)8-10-6-4-3-5-7-10/h4-8,10,12H,1-3H3;3-7,12H,8-9H2,1-2H3. The van der Waals surface area contributed by atoms with Gasteiger partial charge in [0.2, 0.25) is 0 Å². The third kappa shape index (κ3) is 7.29. The van der Waals surface area contributed by atoms with Crippen LogP contribution in [0, 0.1) is 10.8 Å².